The first-order chi connectivity index (χ1) is 8.79. The molecule has 0 aliphatic heterocycles. The van der Waals surface area contributed by atoms with E-state index < -0.39 is 0 Å². The number of halogens is 1. The van der Waals surface area contributed by atoms with Crippen molar-refractivity contribution in [3.63, 3.8) is 0 Å². The van der Waals surface area contributed by atoms with Crippen LogP contribution in [0.3, 0.4) is 0 Å². The molecule has 1 aromatic heterocycles. The van der Waals surface area contributed by atoms with Crippen molar-refractivity contribution < 1.29 is 0 Å². The molecular weight excluding hydrogens is 262 g/mol. The summed E-state index contributed by atoms with van der Waals surface area (Å²) in [5.41, 5.74) is 1.36. The molecule has 96 valence electrons. The standard InChI is InChI=1S/C15H18ClNS/c1-2-6-14(12-7-4-3-5-8-12)17-11-13-9-10-15(16)18-13/h3-5,7-10,14,17H,2,6,11H2,1H3. The Morgan fingerprint density at radius 2 is 1.94 bits per heavy atom. The second kappa shape index (κ2) is 6.93. The third-order valence-corrected chi connectivity index (χ3v) is 4.16. The first-order valence-electron chi connectivity index (χ1n) is 6.32. The molecule has 1 aromatic carbocycles. The normalized spacial score (nSPS) is 12.6. The number of nitrogens with one attached hydrogen (secondary N) is 1. The van der Waals surface area contributed by atoms with Crippen molar-refractivity contribution in [1.29, 1.82) is 0 Å². The fourth-order valence-electron chi connectivity index (χ4n) is 2.03. The number of hydrogen-bond acceptors (Lipinski definition) is 2. The summed E-state index contributed by atoms with van der Waals surface area (Å²) in [6, 6.07) is 15.1. The van der Waals surface area contributed by atoms with Gasteiger partial charge < -0.3 is 5.32 Å². The maximum Gasteiger partial charge on any atom is 0.0931 e. The first-order valence-corrected chi connectivity index (χ1v) is 7.51. The van der Waals surface area contributed by atoms with Crippen molar-refractivity contribution in [1.82, 2.24) is 5.32 Å². The molecule has 0 radical (unpaired) electrons. The molecule has 1 heterocycles. The van der Waals surface area contributed by atoms with Crippen molar-refractivity contribution in [3.05, 3.63) is 57.2 Å². The number of benzene rings is 1. The van der Waals surface area contributed by atoms with Gasteiger partial charge in [-0.15, -0.1) is 11.3 Å². The number of hydrogen-bond donors (Lipinski definition) is 1. The number of rotatable bonds is 6. The second-order valence-electron chi connectivity index (χ2n) is 4.34. The van der Waals surface area contributed by atoms with Crippen LogP contribution in [-0.2, 0) is 6.54 Å². The van der Waals surface area contributed by atoms with Gasteiger partial charge in [-0.1, -0.05) is 55.3 Å². The SMILES string of the molecule is CCCC(NCc1ccc(Cl)s1)c1ccccc1. The average Bonchev–Trinajstić information content (AvgIpc) is 2.81. The van der Waals surface area contributed by atoms with Gasteiger partial charge in [0.2, 0.25) is 0 Å². The van der Waals surface area contributed by atoms with E-state index in [2.05, 4.69) is 48.6 Å². The van der Waals surface area contributed by atoms with Crippen LogP contribution < -0.4 is 5.32 Å². The Bertz CT molecular complexity index is 466. The van der Waals surface area contributed by atoms with Gasteiger partial charge in [0.05, 0.1) is 4.34 Å². The number of thiophene rings is 1. The second-order valence-corrected chi connectivity index (χ2v) is 6.14. The van der Waals surface area contributed by atoms with Crippen LogP contribution in [0.4, 0.5) is 0 Å². The predicted octanol–water partition coefficient (Wildman–Crippen LogP) is 5.03. The monoisotopic (exact) mass is 279 g/mol. The Morgan fingerprint density at radius 1 is 1.17 bits per heavy atom. The first kappa shape index (κ1) is 13.6. The summed E-state index contributed by atoms with van der Waals surface area (Å²) in [4.78, 5) is 1.29. The van der Waals surface area contributed by atoms with Gasteiger partial charge in [-0.25, -0.2) is 0 Å². The maximum absolute atomic E-state index is 5.94. The van der Waals surface area contributed by atoms with E-state index in [9.17, 15) is 0 Å². The Morgan fingerprint density at radius 3 is 2.56 bits per heavy atom. The van der Waals surface area contributed by atoms with E-state index in [1.807, 2.05) is 6.07 Å². The van der Waals surface area contributed by atoms with Gasteiger partial charge in [-0.05, 0) is 24.1 Å². The van der Waals surface area contributed by atoms with Crippen LogP contribution in [0.25, 0.3) is 0 Å². The Labute approximate surface area is 118 Å². The summed E-state index contributed by atoms with van der Waals surface area (Å²) in [5.74, 6) is 0. The summed E-state index contributed by atoms with van der Waals surface area (Å²) < 4.78 is 0.860. The lowest BCUT2D eigenvalue weighted by atomic mass is 10.0. The van der Waals surface area contributed by atoms with Crippen molar-refractivity contribution in [3.8, 4) is 0 Å². The van der Waals surface area contributed by atoms with E-state index in [0.29, 0.717) is 6.04 Å². The van der Waals surface area contributed by atoms with Gasteiger partial charge in [-0.2, -0.15) is 0 Å². The van der Waals surface area contributed by atoms with E-state index in [1.54, 1.807) is 11.3 Å². The molecule has 0 saturated carbocycles. The predicted molar refractivity (Wildman–Crippen MR) is 80.3 cm³/mol. The van der Waals surface area contributed by atoms with Crippen molar-refractivity contribution in [2.24, 2.45) is 0 Å². The van der Waals surface area contributed by atoms with Gasteiger partial charge in [0.15, 0.2) is 0 Å². The minimum absolute atomic E-state index is 0.428. The van der Waals surface area contributed by atoms with Crippen LogP contribution in [-0.4, -0.2) is 0 Å². The molecule has 0 spiro atoms. The van der Waals surface area contributed by atoms with Gasteiger partial charge in [-0.3, -0.25) is 0 Å². The minimum atomic E-state index is 0.428. The molecule has 3 heteroatoms. The van der Waals surface area contributed by atoms with E-state index in [1.165, 1.54) is 16.9 Å². The molecule has 1 nitrogen and oxygen atoms in total. The van der Waals surface area contributed by atoms with Crippen molar-refractivity contribution in [2.75, 3.05) is 0 Å². The Hall–Kier alpha value is -0.830. The molecule has 1 atom stereocenters. The maximum atomic E-state index is 5.94. The highest BCUT2D eigenvalue weighted by Gasteiger charge is 2.09. The topological polar surface area (TPSA) is 12.0 Å². The van der Waals surface area contributed by atoms with E-state index in [0.717, 1.165) is 17.3 Å². The van der Waals surface area contributed by atoms with Gasteiger partial charge >= 0.3 is 0 Å². The van der Waals surface area contributed by atoms with Crippen LogP contribution in [0.15, 0.2) is 42.5 Å². The summed E-state index contributed by atoms with van der Waals surface area (Å²) in [5, 5.41) is 3.62. The quantitative estimate of drug-likeness (QED) is 0.782. The van der Waals surface area contributed by atoms with Crippen LogP contribution in [0.2, 0.25) is 4.34 Å². The Kier molecular flexibility index (Phi) is 5.24. The van der Waals surface area contributed by atoms with Crippen molar-refractivity contribution in [2.45, 2.75) is 32.4 Å². The lowest BCUT2D eigenvalue weighted by Gasteiger charge is -2.18. The zero-order valence-electron chi connectivity index (χ0n) is 10.5. The van der Waals surface area contributed by atoms with Crippen molar-refractivity contribution >= 4 is 22.9 Å². The van der Waals surface area contributed by atoms with E-state index in [-0.39, 0.29) is 0 Å². The molecule has 2 aromatic rings. The van der Waals surface area contributed by atoms with Crippen LogP contribution in [0.1, 0.15) is 36.2 Å². The minimum Gasteiger partial charge on any atom is -0.305 e. The molecule has 1 N–H and O–H groups in total. The molecule has 18 heavy (non-hydrogen) atoms. The zero-order valence-corrected chi connectivity index (χ0v) is 12.1. The highest BCUT2D eigenvalue weighted by Crippen LogP contribution is 2.23. The smallest absolute Gasteiger partial charge is 0.0931 e. The molecule has 0 aliphatic carbocycles. The molecular formula is C15H18ClNS. The van der Waals surface area contributed by atoms with E-state index in [4.69, 9.17) is 11.6 Å². The fourth-order valence-corrected chi connectivity index (χ4v) is 3.07. The molecule has 0 saturated heterocycles. The summed E-state index contributed by atoms with van der Waals surface area (Å²) in [6.07, 6.45) is 2.33. The fraction of sp³-hybridized carbons (Fsp3) is 0.333. The highest BCUT2D eigenvalue weighted by atomic mass is 35.5. The summed E-state index contributed by atoms with van der Waals surface area (Å²) in [7, 11) is 0. The molecule has 0 fully saturated rings. The van der Waals surface area contributed by atoms with Crippen LogP contribution in [0, 0.1) is 0 Å². The third kappa shape index (κ3) is 3.84. The van der Waals surface area contributed by atoms with Gasteiger partial charge in [0, 0.05) is 17.5 Å². The molecule has 1 unspecified atom stereocenters. The lowest BCUT2D eigenvalue weighted by molar-refractivity contribution is 0.496. The lowest BCUT2D eigenvalue weighted by Crippen LogP contribution is -2.20. The zero-order chi connectivity index (χ0) is 12.8. The third-order valence-electron chi connectivity index (χ3n) is 2.93. The summed E-state index contributed by atoms with van der Waals surface area (Å²) >= 11 is 7.59. The molecule has 2 rings (SSSR count). The van der Waals surface area contributed by atoms with Gasteiger partial charge in [0.1, 0.15) is 0 Å². The Balaban J connectivity index is 1.98. The molecule has 0 aliphatic rings. The highest BCUT2D eigenvalue weighted by molar-refractivity contribution is 7.16. The van der Waals surface area contributed by atoms with E-state index >= 15 is 0 Å². The van der Waals surface area contributed by atoms with Crippen LogP contribution >= 0.6 is 22.9 Å². The molecule has 0 amide bonds. The summed E-state index contributed by atoms with van der Waals surface area (Å²) in [6.45, 7) is 3.11. The largest absolute Gasteiger partial charge is 0.305 e. The molecule has 0 bridgehead atoms. The average molecular weight is 280 g/mol. The van der Waals surface area contributed by atoms with Gasteiger partial charge in [0.25, 0.3) is 0 Å². The van der Waals surface area contributed by atoms with Crippen LogP contribution in [0.5, 0.6) is 0 Å².